The highest BCUT2D eigenvalue weighted by Crippen LogP contribution is 2.39. The number of nitrogens with zero attached hydrogens (tertiary/aromatic N) is 2. The van der Waals surface area contributed by atoms with Crippen LogP contribution in [0, 0.1) is 13.5 Å². The summed E-state index contributed by atoms with van der Waals surface area (Å²) in [6.07, 6.45) is 0. The maximum Gasteiger partial charge on any atom is 0.339 e. The second-order valence-electron chi connectivity index (χ2n) is 6.15. The Hall–Kier alpha value is -2.97. The molecule has 0 amide bonds. The van der Waals surface area contributed by atoms with Gasteiger partial charge in [-0.15, -0.1) is 0 Å². The second kappa shape index (κ2) is 7.34. The van der Waals surface area contributed by atoms with Gasteiger partial charge in [-0.2, -0.15) is 8.78 Å². The number of aryl methyl sites for hydroxylation is 1. The van der Waals surface area contributed by atoms with Crippen molar-refractivity contribution < 1.29 is 8.78 Å². The maximum absolute atomic E-state index is 13.9. The van der Waals surface area contributed by atoms with Crippen LogP contribution in [0.2, 0.25) is 0 Å². The van der Waals surface area contributed by atoms with Gasteiger partial charge in [0.2, 0.25) is 0 Å². The Morgan fingerprint density at radius 2 is 1.81 bits per heavy atom. The summed E-state index contributed by atoms with van der Waals surface area (Å²) >= 11 is 5.19. The van der Waals surface area contributed by atoms with Crippen molar-refractivity contribution >= 4 is 17.3 Å². The molecule has 0 unspecified atom stereocenters. The van der Waals surface area contributed by atoms with Gasteiger partial charge in [0.15, 0.2) is 0 Å². The van der Waals surface area contributed by atoms with Crippen LogP contribution in [-0.2, 0) is 11.9 Å². The van der Waals surface area contributed by atoms with Crippen molar-refractivity contribution in [1.29, 1.82) is 0 Å². The van der Waals surface area contributed by atoms with Crippen molar-refractivity contribution in [2.75, 3.05) is 0 Å². The molecule has 1 aromatic heterocycles. The number of pyridine rings is 1. The van der Waals surface area contributed by atoms with Crippen molar-refractivity contribution in [3.8, 4) is 11.3 Å². The molecule has 0 spiro atoms. The van der Waals surface area contributed by atoms with E-state index >= 15 is 0 Å². The van der Waals surface area contributed by atoms with Gasteiger partial charge in [0.25, 0.3) is 11.2 Å². The number of benzene rings is 2. The van der Waals surface area contributed by atoms with Gasteiger partial charge in [0, 0.05) is 12.2 Å². The molecule has 0 bridgehead atoms. The van der Waals surface area contributed by atoms with E-state index < -0.39 is 22.2 Å². The molecule has 27 heavy (non-hydrogen) atoms. The quantitative estimate of drug-likeness (QED) is 0.418. The summed E-state index contributed by atoms with van der Waals surface area (Å²) in [5.74, 6) is 0. The minimum atomic E-state index is -3.82. The molecule has 0 atom stereocenters. The lowest BCUT2D eigenvalue weighted by Gasteiger charge is -2.19. The zero-order valence-electron chi connectivity index (χ0n) is 14.4. The van der Waals surface area contributed by atoms with E-state index in [1.165, 1.54) is 4.57 Å². The van der Waals surface area contributed by atoms with Crippen LogP contribution in [0.1, 0.15) is 16.7 Å². The van der Waals surface area contributed by atoms with Gasteiger partial charge in [-0.25, -0.2) is 4.85 Å². The van der Waals surface area contributed by atoms with Crippen LogP contribution in [0.25, 0.3) is 16.1 Å². The molecule has 0 saturated carbocycles. The molecule has 2 aromatic carbocycles. The summed E-state index contributed by atoms with van der Waals surface area (Å²) < 4.78 is 29.1. The monoisotopic (exact) mass is 384 g/mol. The van der Waals surface area contributed by atoms with E-state index in [1.807, 2.05) is 43.3 Å². The van der Waals surface area contributed by atoms with E-state index in [-0.39, 0.29) is 12.2 Å². The first-order valence-corrected chi connectivity index (χ1v) is 8.52. The summed E-state index contributed by atoms with van der Waals surface area (Å²) in [4.78, 5) is 16.0. The number of aromatic nitrogens is 1. The molecule has 0 fully saturated rings. The SMILES string of the molecule is [C-]#[N+]c1c(C(F)(F)Cl)cc(-c2cccc(C)c2)n(Cc2ccccc2)c1=O. The summed E-state index contributed by atoms with van der Waals surface area (Å²) in [5, 5.41) is -3.82. The van der Waals surface area contributed by atoms with E-state index in [0.717, 1.165) is 17.2 Å². The van der Waals surface area contributed by atoms with E-state index in [9.17, 15) is 13.6 Å². The van der Waals surface area contributed by atoms with Gasteiger partial charge in [-0.05, 0) is 41.8 Å². The third kappa shape index (κ3) is 3.91. The number of rotatable bonds is 4. The van der Waals surface area contributed by atoms with E-state index in [0.29, 0.717) is 5.56 Å². The van der Waals surface area contributed by atoms with Crippen molar-refractivity contribution in [2.45, 2.75) is 18.9 Å². The van der Waals surface area contributed by atoms with Gasteiger partial charge in [0.05, 0.1) is 12.1 Å². The lowest BCUT2D eigenvalue weighted by molar-refractivity contribution is 0.0958. The first-order chi connectivity index (χ1) is 12.8. The van der Waals surface area contributed by atoms with Gasteiger partial charge < -0.3 is 4.57 Å². The fourth-order valence-corrected chi connectivity index (χ4v) is 3.07. The molecule has 0 saturated heterocycles. The average Bonchev–Trinajstić information content (AvgIpc) is 2.63. The Kier molecular flexibility index (Phi) is 5.11. The Morgan fingerprint density at radius 3 is 2.41 bits per heavy atom. The van der Waals surface area contributed by atoms with E-state index in [4.69, 9.17) is 18.2 Å². The summed E-state index contributed by atoms with van der Waals surface area (Å²) in [6.45, 7) is 9.23. The predicted molar refractivity (Wildman–Crippen MR) is 102 cm³/mol. The molecule has 3 aromatic rings. The molecule has 0 radical (unpaired) electrons. The Bertz CT molecular complexity index is 1080. The molecule has 0 aliphatic heterocycles. The summed E-state index contributed by atoms with van der Waals surface area (Å²) in [6, 6.07) is 17.5. The molecule has 0 N–H and O–H groups in total. The van der Waals surface area contributed by atoms with Crippen molar-refractivity contribution in [1.82, 2.24) is 4.57 Å². The molecule has 0 aliphatic rings. The van der Waals surface area contributed by atoms with Crippen LogP contribution in [0.5, 0.6) is 0 Å². The van der Waals surface area contributed by atoms with Crippen LogP contribution in [0.4, 0.5) is 14.5 Å². The number of hydrogen-bond acceptors (Lipinski definition) is 1. The fraction of sp³-hybridized carbons (Fsp3) is 0.143. The zero-order chi connectivity index (χ0) is 19.6. The molecule has 1 heterocycles. The summed E-state index contributed by atoms with van der Waals surface area (Å²) in [5.41, 5.74) is 0.391. The van der Waals surface area contributed by atoms with E-state index in [2.05, 4.69) is 4.85 Å². The average molecular weight is 385 g/mol. The highest BCUT2D eigenvalue weighted by atomic mass is 35.5. The highest BCUT2D eigenvalue weighted by molar-refractivity contribution is 6.22. The standard InChI is InChI=1S/C21H15ClF2N2O/c1-14-7-6-10-16(11-14)18-12-17(21(22,23)24)19(25-2)20(27)26(18)13-15-8-4-3-5-9-15/h3-12H,13H2,1H3. The van der Waals surface area contributed by atoms with Gasteiger partial charge in [-0.1, -0.05) is 54.1 Å². The van der Waals surface area contributed by atoms with Crippen LogP contribution in [-0.4, -0.2) is 4.57 Å². The first-order valence-electron chi connectivity index (χ1n) is 8.14. The van der Waals surface area contributed by atoms with Gasteiger partial charge >= 0.3 is 5.38 Å². The molecule has 136 valence electrons. The van der Waals surface area contributed by atoms with Crippen molar-refractivity contribution in [2.24, 2.45) is 0 Å². The molecule has 3 nitrogen and oxygen atoms in total. The molecular weight excluding hydrogens is 370 g/mol. The minimum absolute atomic E-state index is 0.152. The first kappa shape index (κ1) is 18.8. The maximum atomic E-state index is 13.9. The molecule has 3 rings (SSSR count). The highest BCUT2D eigenvalue weighted by Gasteiger charge is 2.34. The number of halogens is 3. The predicted octanol–water partition coefficient (Wildman–Crippen LogP) is 5.71. The van der Waals surface area contributed by atoms with Crippen LogP contribution in [0.3, 0.4) is 0 Å². The lowest BCUT2D eigenvalue weighted by atomic mass is 10.0. The smallest absolute Gasteiger partial charge is 0.313 e. The normalized spacial score (nSPS) is 11.2. The largest absolute Gasteiger partial charge is 0.339 e. The lowest BCUT2D eigenvalue weighted by Crippen LogP contribution is -2.25. The number of alkyl halides is 3. The van der Waals surface area contributed by atoms with Crippen LogP contribution in [0.15, 0.2) is 65.5 Å². The minimum Gasteiger partial charge on any atom is -0.313 e. The summed E-state index contributed by atoms with van der Waals surface area (Å²) in [7, 11) is 0. The molecular formula is C21H15ClF2N2O. The number of hydrogen-bond donors (Lipinski definition) is 0. The Morgan fingerprint density at radius 1 is 1.11 bits per heavy atom. The third-order valence-corrected chi connectivity index (χ3v) is 4.39. The van der Waals surface area contributed by atoms with Gasteiger partial charge in [0.1, 0.15) is 0 Å². The molecule has 6 heteroatoms. The Balaban J connectivity index is 2.33. The van der Waals surface area contributed by atoms with Crippen LogP contribution < -0.4 is 5.56 Å². The topological polar surface area (TPSA) is 26.4 Å². The fourth-order valence-electron chi connectivity index (χ4n) is 2.93. The van der Waals surface area contributed by atoms with E-state index in [1.54, 1.807) is 18.2 Å². The third-order valence-electron chi connectivity index (χ3n) is 4.19. The Labute approximate surface area is 160 Å². The van der Waals surface area contributed by atoms with Gasteiger partial charge in [-0.3, -0.25) is 4.79 Å². The van der Waals surface area contributed by atoms with Crippen LogP contribution >= 0.6 is 11.6 Å². The van der Waals surface area contributed by atoms with Crippen molar-refractivity contribution in [3.63, 3.8) is 0 Å². The molecule has 0 aliphatic carbocycles. The zero-order valence-corrected chi connectivity index (χ0v) is 15.2. The second-order valence-corrected chi connectivity index (χ2v) is 6.62. The van der Waals surface area contributed by atoms with Crippen molar-refractivity contribution in [3.05, 3.63) is 99.1 Å².